The van der Waals surface area contributed by atoms with Crippen LogP contribution in [0.2, 0.25) is 0 Å². The minimum Gasteiger partial charge on any atom is -0.395 e. The number of nitrogens with one attached hydrogen (secondary N) is 1. The lowest BCUT2D eigenvalue weighted by Crippen LogP contribution is -2.53. The first-order valence-electron chi connectivity index (χ1n) is 8.60. The van der Waals surface area contributed by atoms with Crippen molar-refractivity contribution >= 4 is 0 Å². The van der Waals surface area contributed by atoms with Crippen molar-refractivity contribution in [3.8, 4) is 0 Å². The Labute approximate surface area is 125 Å². The fourth-order valence-corrected chi connectivity index (χ4v) is 4.73. The van der Waals surface area contributed by atoms with E-state index in [1.54, 1.807) is 0 Å². The van der Waals surface area contributed by atoms with Gasteiger partial charge in [-0.05, 0) is 44.1 Å². The van der Waals surface area contributed by atoms with Crippen LogP contribution in [-0.4, -0.2) is 48.8 Å². The molecule has 2 aliphatic rings. The molecule has 2 atom stereocenters. The fourth-order valence-electron chi connectivity index (χ4n) is 4.73. The molecular formula is C17H34N2O. The molecule has 0 aromatic carbocycles. The molecule has 3 heteroatoms. The van der Waals surface area contributed by atoms with Crippen molar-refractivity contribution in [2.24, 2.45) is 11.3 Å². The van der Waals surface area contributed by atoms with Gasteiger partial charge in [0.15, 0.2) is 0 Å². The molecule has 0 aliphatic heterocycles. The molecule has 0 radical (unpaired) electrons. The first-order valence-corrected chi connectivity index (χ1v) is 8.60. The molecule has 2 unspecified atom stereocenters. The molecule has 0 bridgehead atoms. The molecule has 2 fully saturated rings. The second kappa shape index (κ2) is 7.24. The van der Waals surface area contributed by atoms with E-state index >= 15 is 0 Å². The maximum atomic E-state index is 9.39. The maximum Gasteiger partial charge on any atom is 0.0558 e. The van der Waals surface area contributed by atoms with Crippen LogP contribution < -0.4 is 5.32 Å². The van der Waals surface area contributed by atoms with Gasteiger partial charge in [-0.3, -0.25) is 4.90 Å². The molecule has 20 heavy (non-hydrogen) atoms. The Morgan fingerprint density at radius 2 is 1.85 bits per heavy atom. The number of hydrogen-bond acceptors (Lipinski definition) is 3. The number of rotatable bonds is 6. The fraction of sp³-hybridized carbons (Fsp3) is 1.00. The van der Waals surface area contributed by atoms with Gasteiger partial charge in [-0.1, -0.05) is 33.1 Å². The molecule has 0 aromatic rings. The molecule has 0 aromatic heterocycles. The topological polar surface area (TPSA) is 35.5 Å². The monoisotopic (exact) mass is 282 g/mol. The molecule has 2 aliphatic carbocycles. The summed E-state index contributed by atoms with van der Waals surface area (Å²) in [6.07, 6.45) is 9.44. The van der Waals surface area contributed by atoms with E-state index in [-0.39, 0.29) is 0 Å². The second-order valence-corrected chi connectivity index (χ2v) is 7.56. The van der Waals surface area contributed by atoms with Crippen LogP contribution in [0.5, 0.6) is 0 Å². The predicted octanol–water partition coefficient (Wildman–Crippen LogP) is 2.64. The van der Waals surface area contributed by atoms with Crippen LogP contribution in [0.1, 0.15) is 58.8 Å². The maximum absolute atomic E-state index is 9.39. The van der Waals surface area contributed by atoms with Gasteiger partial charge in [-0.2, -0.15) is 0 Å². The normalized spacial score (nSPS) is 31.1. The van der Waals surface area contributed by atoms with Crippen LogP contribution in [0.3, 0.4) is 0 Å². The zero-order valence-electron chi connectivity index (χ0n) is 13.7. The largest absolute Gasteiger partial charge is 0.395 e. The number of nitrogens with zero attached hydrogens (tertiary/aromatic N) is 1. The highest BCUT2D eigenvalue weighted by Crippen LogP contribution is 2.39. The highest BCUT2D eigenvalue weighted by Gasteiger charge is 2.39. The average Bonchev–Trinajstić information content (AvgIpc) is 2.91. The zero-order chi connectivity index (χ0) is 14.6. The summed E-state index contributed by atoms with van der Waals surface area (Å²) >= 11 is 0. The van der Waals surface area contributed by atoms with Crippen molar-refractivity contribution in [2.45, 2.75) is 70.9 Å². The van der Waals surface area contributed by atoms with Crippen LogP contribution >= 0.6 is 0 Å². The quantitative estimate of drug-likeness (QED) is 0.786. The predicted molar refractivity (Wildman–Crippen MR) is 84.9 cm³/mol. The summed E-state index contributed by atoms with van der Waals surface area (Å²) in [6, 6.07) is 1.34. The molecule has 118 valence electrons. The van der Waals surface area contributed by atoms with Gasteiger partial charge in [0.05, 0.1) is 6.61 Å². The van der Waals surface area contributed by atoms with Crippen molar-refractivity contribution in [3.05, 3.63) is 0 Å². The van der Waals surface area contributed by atoms with Gasteiger partial charge in [0.25, 0.3) is 0 Å². The molecule has 2 rings (SSSR count). The van der Waals surface area contributed by atoms with Gasteiger partial charge in [-0.25, -0.2) is 0 Å². The molecule has 2 saturated carbocycles. The number of hydrogen-bond donors (Lipinski definition) is 2. The van der Waals surface area contributed by atoms with Crippen LogP contribution in [-0.2, 0) is 0 Å². The third kappa shape index (κ3) is 3.75. The Kier molecular flexibility index (Phi) is 5.88. The zero-order valence-corrected chi connectivity index (χ0v) is 13.7. The summed E-state index contributed by atoms with van der Waals surface area (Å²) in [5.41, 5.74) is 0.401. The van der Waals surface area contributed by atoms with Gasteiger partial charge < -0.3 is 10.4 Å². The first kappa shape index (κ1) is 16.3. The van der Waals surface area contributed by atoms with E-state index in [9.17, 15) is 5.11 Å². The van der Waals surface area contributed by atoms with Gasteiger partial charge >= 0.3 is 0 Å². The minimum atomic E-state index is 0.302. The Balaban J connectivity index is 2.00. The molecule has 0 amide bonds. The average molecular weight is 282 g/mol. The van der Waals surface area contributed by atoms with Gasteiger partial charge in [0, 0.05) is 25.2 Å². The van der Waals surface area contributed by atoms with Crippen molar-refractivity contribution in [1.82, 2.24) is 10.2 Å². The van der Waals surface area contributed by atoms with Crippen molar-refractivity contribution in [2.75, 3.05) is 26.7 Å². The molecule has 3 nitrogen and oxygen atoms in total. The lowest BCUT2D eigenvalue weighted by atomic mass is 9.67. The Morgan fingerprint density at radius 1 is 1.15 bits per heavy atom. The lowest BCUT2D eigenvalue weighted by Gasteiger charge is -2.46. The summed E-state index contributed by atoms with van der Waals surface area (Å²) in [7, 11) is 2.12. The van der Waals surface area contributed by atoms with E-state index in [2.05, 4.69) is 31.1 Å². The molecule has 0 heterocycles. The second-order valence-electron chi connectivity index (χ2n) is 7.56. The SMILES string of the molecule is CNC1C(CN(CCO)C2CCCC2)CCCC1(C)C. The summed E-state index contributed by atoms with van der Waals surface area (Å²) in [6.45, 7) is 7.15. The Hall–Kier alpha value is -0.120. The summed E-state index contributed by atoms with van der Waals surface area (Å²) in [5, 5.41) is 13.0. The van der Waals surface area contributed by atoms with E-state index in [1.165, 1.54) is 51.5 Å². The van der Waals surface area contributed by atoms with Gasteiger partial charge in [0.1, 0.15) is 0 Å². The molecule has 2 N–H and O–H groups in total. The van der Waals surface area contributed by atoms with Crippen LogP contribution in [0.4, 0.5) is 0 Å². The highest BCUT2D eigenvalue weighted by atomic mass is 16.3. The summed E-state index contributed by atoms with van der Waals surface area (Å²) in [5.74, 6) is 0.732. The highest BCUT2D eigenvalue weighted by molar-refractivity contribution is 4.94. The lowest BCUT2D eigenvalue weighted by molar-refractivity contribution is 0.0606. The summed E-state index contributed by atoms with van der Waals surface area (Å²) in [4.78, 5) is 2.59. The Morgan fingerprint density at radius 3 is 2.45 bits per heavy atom. The van der Waals surface area contributed by atoms with Crippen molar-refractivity contribution in [3.63, 3.8) is 0 Å². The minimum absolute atomic E-state index is 0.302. The van der Waals surface area contributed by atoms with Crippen molar-refractivity contribution in [1.29, 1.82) is 0 Å². The molecule has 0 spiro atoms. The van der Waals surface area contributed by atoms with Crippen LogP contribution in [0.25, 0.3) is 0 Å². The summed E-state index contributed by atoms with van der Waals surface area (Å²) < 4.78 is 0. The number of aliphatic hydroxyl groups excluding tert-OH is 1. The smallest absolute Gasteiger partial charge is 0.0558 e. The van der Waals surface area contributed by atoms with E-state index in [0.717, 1.165) is 18.5 Å². The Bertz CT molecular complexity index is 287. The van der Waals surface area contributed by atoms with E-state index < -0.39 is 0 Å². The van der Waals surface area contributed by atoms with Crippen LogP contribution in [0, 0.1) is 11.3 Å². The van der Waals surface area contributed by atoms with E-state index in [4.69, 9.17) is 0 Å². The van der Waals surface area contributed by atoms with Crippen LogP contribution in [0.15, 0.2) is 0 Å². The third-order valence-electron chi connectivity index (χ3n) is 5.72. The van der Waals surface area contributed by atoms with Gasteiger partial charge in [-0.15, -0.1) is 0 Å². The van der Waals surface area contributed by atoms with Gasteiger partial charge in [0.2, 0.25) is 0 Å². The molecular weight excluding hydrogens is 248 g/mol. The standard InChI is InChI=1S/C17H34N2O/c1-17(2)10-6-7-14(16(17)18-3)13-19(11-12-20)15-8-4-5-9-15/h14-16,18,20H,4-13H2,1-3H3. The van der Waals surface area contributed by atoms with Crippen molar-refractivity contribution < 1.29 is 5.11 Å². The van der Waals surface area contributed by atoms with E-state index in [0.29, 0.717) is 18.1 Å². The van der Waals surface area contributed by atoms with E-state index in [1.807, 2.05) is 0 Å². The number of aliphatic hydroxyl groups is 1. The first-order chi connectivity index (χ1) is 9.58. The molecule has 0 saturated heterocycles. The third-order valence-corrected chi connectivity index (χ3v) is 5.72.